The predicted molar refractivity (Wildman–Crippen MR) is 67.2 cm³/mol. The van der Waals surface area contributed by atoms with Gasteiger partial charge in [-0.05, 0) is 30.9 Å². The van der Waals surface area contributed by atoms with E-state index >= 15 is 0 Å². The summed E-state index contributed by atoms with van der Waals surface area (Å²) in [6.07, 6.45) is 6.18. The van der Waals surface area contributed by atoms with Crippen LogP contribution in [0.25, 0.3) is 5.65 Å². The van der Waals surface area contributed by atoms with Gasteiger partial charge in [0.25, 0.3) is 0 Å². The number of aromatic nitrogens is 2. The molecular formula is C13H17N3O. The van der Waals surface area contributed by atoms with E-state index in [1.54, 1.807) is 0 Å². The third-order valence-electron chi connectivity index (χ3n) is 3.31. The summed E-state index contributed by atoms with van der Waals surface area (Å²) in [6, 6.07) is 6.12. The van der Waals surface area contributed by atoms with Gasteiger partial charge in [-0.15, -0.1) is 0 Å². The number of rotatable bonds is 4. The number of anilines is 1. The Bertz CT molecular complexity index is 488. The summed E-state index contributed by atoms with van der Waals surface area (Å²) in [7, 11) is 0. The molecule has 1 aliphatic heterocycles. The summed E-state index contributed by atoms with van der Waals surface area (Å²) in [4.78, 5) is 4.27. The second kappa shape index (κ2) is 4.75. The van der Waals surface area contributed by atoms with Crippen molar-refractivity contribution in [1.82, 2.24) is 9.38 Å². The molecule has 4 nitrogen and oxygen atoms in total. The summed E-state index contributed by atoms with van der Waals surface area (Å²) in [6.45, 7) is 2.85. The largest absolute Gasteiger partial charge is 0.381 e. The molecule has 0 spiro atoms. The summed E-state index contributed by atoms with van der Waals surface area (Å²) in [5.74, 6) is 1.84. The van der Waals surface area contributed by atoms with E-state index in [0.29, 0.717) is 0 Å². The molecular weight excluding hydrogens is 214 g/mol. The van der Waals surface area contributed by atoms with Gasteiger partial charge in [-0.1, -0.05) is 6.07 Å². The van der Waals surface area contributed by atoms with E-state index in [1.165, 1.54) is 12.8 Å². The highest BCUT2D eigenvalue weighted by atomic mass is 16.5. The second-order valence-electron chi connectivity index (χ2n) is 4.51. The number of ether oxygens (including phenoxy) is 1. The fourth-order valence-electron chi connectivity index (χ4n) is 2.31. The van der Waals surface area contributed by atoms with Crippen molar-refractivity contribution in [1.29, 1.82) is 0 Å². The van der Waals surface area contributed by atoms with Gasteiger partial charge in [-0.3, -0.25) is 4.40 Å². The van der Waals surface area contributed by atoms with Crippen LogP contribution in [0.1, 0.15) is 12.8 Å². The number of fused-ring (bicyclic) bond motifs is 1. The normalized spacial score (nSPS) is 19.9. The molecule has 1 N–H and O–H groups in total. The molecule has 0 amide bonds. The second-order valence-corrected chi connectivity index (χ2v) is 4.51. The highest BCUT2D eigenvalue weighted by Gasteiger charge is 2.14. The van der Waals surface area contributed by atoms with Gasteiger partial charge < -0.3 is 10.1 Å². The molecule has 0 aliphatic carbocycles. The molecule has 3 rings (SSSR count). The van der Waals surface area contributed by atoms with Crippen LogP contribution in [-0.2, 0) is 4.74 Å². The van der Waals surface area contributed by atoms with Crippen molar-refractivity contribution in [2.24, 2.45) is 5.92 Å². The van der Waals surface area contributed by atoms with Crippen LogP contribution in [-0.4, -0.2) is 29.1 Å². The highest BCUT2D eigenvalue weighted by molar-refractivity contribution is 5.49. The van der Waals surface area contributed by atoms with Gasteiger partial charge in [0, 0.05) is 32.2 Å². The number of nitrogens with zero attached hydrogens (tertiary/aromatic N) is 2. The summed E-state index contributed by atoms with van der Waals surface area (Å²) in [5, 5.41) is 3.47. The third kappa shape index (κ3) is 2.26. The van der Waals surface area contributed by atoms with Crippen LogP contribution in [0, 0.1) is 5.92 Å². The van der Waals surface area contributed by atoms with E-state index in [4.69, 9.17) is 4.74 Å². The average Bonchev–Trinajstić information content (AvgIpc) is 2.99. The minimum absolute atomic E-state index is 0.726. The maximum absolute atomic E-state index is 5.37. The number of hydrogen-bond acceptors (Lipinski definition) is 3. The van der Waals surface area contributed by atoms with Gasteiger partial charge in [0.15, 0.2) is 0 Å². The number of nitrogens with one attached hydrogen (secondary N) is 1. The van der Waals surface area contributed by atoms with Gasteiger partial charge >= 0.3 is 0 Å². The predicted octanol–water partition coefficient (Wildman–Crippen LogP) is 2.17. The first kappa shape index (κ1) is 10.6. The number of imidazole rings is 1. The van der Waals surface area contributed by atoms with Gasteiger partial charge in [0.2, 0.25) is 0 Å². The first-order chi connectivity index (χ1) is 8.43. The molecule has 4 heteroatoms. The quantitative estimate of drug-likeness (QED) is 0.876. The maximum atomic E-state index is 5.37. The van der Waals surface area contributed by atoms with E-state index in [-0.39, 0.29) is 0 Å². The molecule has 0 bridgehead atoms. The molecule has 0 radical (unpaired) electrons. The Hall–Kier alpha value is -1.55. The zero-order valence-electron chi connectivity index (χ0n) is 9.80. The van der Waals surface area contributed by atoms with E-state index in [2.05, 4.69) is 20.8 Å². The lowest BCUT2D eigenvalue weighted by Crippen LogP contribution is -2.10. The van der Waals surface area contributed by atoms with Crippen molar-refractivity contribution in [3.05, 3.63) is 30.6 Å². The topological polar surface area (TPSA) is 38.6 Å². The molecule has 1 saturated heterocycles. The van der Waals surface area contributed by atoms with E-state index in [1.807, 2.05) is 24.5 Å². The molecule has 90 valence electrons. The van der Waals surface area contributed by atoms with Gasteiger partial charge in [-0.2, -0.15) is 0 Å². The zero-order valence-corrected chi connectivity index (χ0v) is 9.80. The Labute approximate surface area is 101 Å². The van der Waals surface area contributed by atoms with Crippen molar-refractivity contribution in [2.45, 2.75) is 12.8 Å². The lowest BCUT2D eigenvalue weighted by molar-refractivity contribution is 0.185. The standard InChI is InChI=1S/C13H17N3O/c1-2-12(16-8-7-15-13(16)3-1)14-6-4-11-5-9-17-10-11/h1-3,7-8,11,14H,4-6,9-10H2. The summed E-state index contributed by atoms with van der Waals surface area (Å²) < 4.78 is 7.45. The van der Waals surface area contributed by atoms with Gasteiger partial charge in [-0.25, -0.2) is 4.98 Å². The average molecular weight is 231 g/mol. The van der Waals surface area contributed by atoms with Gasteiger partial charge in [0.1, 0.15) is 11.5 Å². The number of pyridine rings is 1. The SMILES string of the molecule is c1cc(NCCC2CCOC2)n2ccnc2c1. The van der Waals surface area contributed by atoms with Crippen LogP contribution >= 0.6 is 0 Å². The van der Waals surface area contributed by atoms with Gasteiger partial charge in [0.05, 0.1) is 0 Å². The van der Waals surface area contributed by atoms with Crippen LogP contribution in [0.3, 0.4) is 0 Å². The van der Waals surface area contributed by atoms with Crippen molar-refractivity contribution < 1.29 is 4.74 Å². The van der Waals surface area contributed by atoms with E-state index in [0.717, 1.165) is 37.1 Å². The molecule has 0 saturated carbocycles. The van der Waals surface area contributed by atoms with Crippen LogP contribution in [0.4, 0.5) is 5.82 Å². The minimum Gasteiger partial charge on any atom is -0.381 e. The van der Waals surface area contributed by atoms with E-state index in [9.17, 15) is 0 Å². The van der Waals surface area contributed by atoms with Crippen LogP contribution in [0.2, 0.25) is 0 Å². The van der Waals surface area contributed by atoms with E-state index < -0.39 is 0 Å². The lowest BCUT2D eigenvalue weighted by Gasteiger charge is -2.11. The molecule has 2 aromatic rings. The van der Waals surface area contributed by atoms with Crippen LogP contribution in [0.5, 0.6) is 0 Å². The highest BCUT2D eigenvalue weighted by Crippen LogP contribution is 2.17. The lowest BCUT2D eigenvalue weighted by atomic mass is 10.1. The Morgan fingerprint density at radius 2 is 2.47 bits per heavy atom. The molecule has 1 atom stereocenters. The monoisotopic (exact) mass is 231 g/mol. The molecule has 1 aliphatic rings. The number of hydrogen-bond donors (Lipinski definition) is 1. The van der Waals surface area contributed by atoms with Crippen LogP contribution < -0.4 is 5.32 Å². The maximum Gasteiger partial charge on any atom is 0.138 e. The first-order valence-electron chi connectivity index (χ1n) is 6.17. The Morgan fingerprint density at radius 3 is 3.35 bits per heavy atom. The van der Waals surface area contributed by atoms with Crippen LogP contribution in [0.15, 0.2) is 30.6 Å². The molecule has 17 heavy (non-hydrogen) atoms. The molecule has 2 aromatic heterocycles. The first-order valence-corrected chi connectivity index (χ1v) is 6.17. The molecule has 0 aromatic carbocycles. The fourth-order valence-corrected chi connectivity index (χ4v) is 2.31. The summed E-state index contributed by atoms with van der Waals surface area (Å²) in [5.41, 5.74) is 0.985. The Morgan fingerprint density at radius 1 is 1.47 bits per heavy atom. The van der Waals surface area contributed by atoms with Crippen molar-refractivity contribution in [3.8, 4) is 0 Å². The molecule has 3 heterocycles. The smallest absolute Gasteiger partial charge is 0.138 e. The Balaban J connectivity index is 1.62. The summed E-state index contributed by atoms with van der Waals surface area (Å²) >= 11 is 0. The third-order valence-corrected chi connectivity index (χ3v) is 3.31. The minimum atomic E-state index is 0.726. The fraction of sp³-hybridized carbons (Fsp3) is 0.462. The zero-order chi connectivity index (χ0) is 11.5. The molecule has 1 fully saturated rings. The van der Waals surface area contributed by atoms with Crippen molar-refractivity contribution >= 4 is 11.5 Å². The van der Waals surface area contributed by atoms with Crippen molar-refractivity contribution in [3.63, 3.8) is 0 Å². The molecule has 1 unspecified atom stereocenters. The van der Waals surface area contributed by atoms with Crippen molar-refractivity contribution in [2.75, 3.05) is 25.1 Å². The Kier molecular flexibility index (Phi) is 2.96.